The van der Waals surface area contributed by atoms with Gasteiger partial charge in [-0.2, -0.15) is 0 Å². The third kappa shape index (κ3) is 6.29. The number of benzene rings is 1. The van der Waals surface area contributed by atoms with Gasteiger partial charge in [-0.05, 0) is 54.7 Å². The fraction of sp³-hybridized carbons (Fsp3) is 0.409. The predicted molar refractivity (Wildman–Crippen MR) is 109 cm³/mol. The molecule has 7 heteroatoms. The second-order valence-corrected chi connectivity index (χ2v) is 7.07. The van der Waals surface area contributed by atoms with Gasteiger partial charge in [0.15, 0.2) is 0 Å². The highest BCUT2D eigenvalue weighted by molar-refractivity contribution is 5.94. The van der Waals surface area contributed by atoms with E-state index in [-0.39, 0.29) is 18.4 Å². The zero-order chi connectivity index (χ0) is 20.5. The number of unbranched alkanes of at least 4 members (excludes halogenated alkanes) is 1. The van der Waals surface area contributed by atoms with Crippen molar-refractivity contribution in [3.8, 4) is 5.75 Å². The van der Waals surface area contributed by atoms with E-state index in [0.29, 0.717) is 32.5 Å². The van der Waals surface area contributed by atoms with Crippen LogP contribution >= 0.6 is 0 Å². The molecule has 2 N–H and O–H groups in total. The molecule has 2 aromatic rings. The Morgan fingerprint density at radius 1 is 1.24 bits per heavy atom. The summed E-state index contributed by atoms with van der Waals surface area (Å²) in [5, 5.41) is 12.1. The molecule has 1 aromatic heterocycles. The standard InChI is InChI=1S/C22H27N3O4/c26-12-11-25(16-17-4-3-10-23-15-17)22(28)5-1-2-13-29-19-7-8-20-18(14-19)6-9-21(27)24-20/h3-4,7-8,10,14-15,26H,1-2,5-6,9,11-13,16H2,(H,24,27). The number of pyridine rings is 1. The van der Waals surface area contributed by atoms with Gasteiger partial charge in [-0.3, -0.25) is 14.6 Å². The molecule has 1 aliphatic heterocycles. The molecule has 0 aliphatic carbocycles. The molecule has 0 saturated carbocycles. The Morgan fingerprint density at radius 3 is 2.93 bits per heavy atom. The van der Waals surface area contributed by atoms with E-state index in [1.807, 2.05) is 30.3 Å². The summed E-state index contributed by atoms with van der Waals surface area (Å²) in [5.41, 5.74) is 2.89. The molecular formula is C22H27N3O4. The molecule has 0 bridgehead atoms. The van der Waals surface area contributed by atoms with E-state index in [1.165, 1.54) is 0 Å². The number of rotatable bonds is 10. The highest BCUT2D eigenvalue weighted by Gasteiger charge is 2.15. The minimum atomic E-state index is -0.0616. The lowest BCUT2D eigenvalue weighted by atomic mass is 10.0. The normalized spacial score (nSPS) is 12.8. The first kappa shape index (κ1) is 20.8. The summed E-state index contributed by atoms with van der Waals surface area (Å²) >= 11 is 0. The van der Waals surface area contributed by atoms with Crippen LogP contribution in [0.1, 0.15) is 36.8 Å². The smallest absolute Gasteiger partial charge is 0.224 e. The number of nitrogens with one attached hydrogen (secondary N) is 1. The van der Waals surface area contributed by atoms with Crippen LogP contribution in [0.25, 0.3) is 0 Å². The molecule has 0 saturated heterocycles. The van der Waals surface area contributed by atoms with Gasteiger partial charge in [-0.15, -0.1) is 0 Å². The predicted octanol–water partition coefficient (Wildman–Crippen LogP) is 2.54. The summed E-state index contributed by atoms with van der Waals surface area (Å²) in [4.78, 5) is 29.6. The van der Waals surface area contributed by atoms with Crippen LogP contribution in [-0.4, -0.2) is 46.6 Å². The number of aryl methyl sites for hydroxylation is 1. The fourth-order valence-corrected chi connectivity index (χ4v) is 3.30. The Labute approximate surface area is 170 Å². The monoisotopic (exact) mass is 397 g/mol. The van der Waals surface area contributed by atoms with E-state index in [1.54, 1.807) is 17.3 Å². The van der Waals surface area contributed by atoms with Crippen molar-refractivity contribution in [1.29, 1.82) is 0 Å². The van der Waals surface area contributed by atoms with Gasteiger partial charge in [0.05, 0.1) is 13.2 Å². The van der Waals surface area contributed by atoms with E-state index < -0.39 is 0 Å². The topological polar surface area (TPSA) is 91.8 Å². The van der Waals surface area contributed by atoms with E-state index in [2.05, 4.69) is 10.3 Å². The van der Waals surface area contributed by atoms with Crippen molar-refractivity contribution in [2.45, 2.75) is 38.6 Å². The second kappa shape index (κ2) is 10.6. The lowest BCUT2D eigenvalue weighted by Gasteiger charge is -2.22. The van der Waals surface area contributed by atoms with Gasteiger partial charge in [0.2, 0.25) is 11.8 Å². The maximum Gasteiger partial charge on any atom is 0.224 e. The van der Waals surface area contributed by atoms with Crippen molar-refractivity contribution in [2.75, 3.05) is 25.1 Å². The van der Waals surface area contributed by atoms with E-state index in [0.717, 1.165) is 41.8 Å². The summed E-state index contributed by atoms with van der Waals surface area (Å²) < 4.78 is 5.80. The van der Waals surface area contributed by atoms with E-state index >= 15 is 0 Å². The first-order chi connectivity index (χ1) is 14.2. The number of aliphatic hydroxyl groups excluding tert-OH is 1. The molecule has 0 radical (unpaired) electrons. The molecule has 0 unspecified atom stereocenters. The number of carbonyl (C=O) groups excluding carboxylic acids is 2. The molecule has 2 amide bonds. The zero-order valence-corrected chi connectivity index (χ0v) is 16.5. The summed E-state index contributed by atoms with van der Waals surface area (Å²) in [7, 11) is 0. The summed E-state index contributed by atoms with van der Waals surface area (Å²) in [5.74, 6) is 0.853. The molecule has 7 nitrogen and oxygen atoms in total. The molecule has 0 fully saturated rings. The maximum atomic E-state index is 12.5. The van der Waals surface area contributed by atoms with E-state index in [9.17, 15) is 14.7 Å². The van der Waals surface area contributed by atoms with Gasteiger partial charge in [-0.1, -0.05) is 6.07 Å². The van der Waals surface area contributed by atoms with Crippen molar-refractivity contribution >= 4 is 17.5 Å². The Kier molecular flexibility index (Phi) is 7.58. The van der Waals surface area contributed by atoms with Gasteiger partial charge in [0.1, 0.15) is 5.75 Å². The number of nitrogens with zero attached hydrogens (tertiary/aromatic N) is 2. The van der Waals surface area contributed by atoms with Gasteiger partial charge in [0, 0.05) is 44.0 Å². The third-order valence-electron chi connectivity index (χ3n) is 4.84. The Hall–Kier alpha value is -2.93. The molecule has 154 valence electrons. The van der Waals surface area contributed by atoms with Crippen molar-refractivity contribution in [2.24, 2.45) is 0 Å². The number of hydrogen-bond donors (Lipinski definition) is 2. The number of ether oxygens (including phenoxy) is 1. The van der Waals surface area contributed by atoms with Gasteiger partial charge in [-0.25, -0.2) is 0 Å². The zero-order valence-electron chi connectivity index (χ0n) is 16.5. The van der Waals surface area contributed by atoms with Crippen molar-refractivity contribution < 1.29 is 19.4 Å². The molecule has 1 aliphatic rings. The second-order valence-electron chi connectivity index (χ2n) is 7.07. The van der Waals surface area contributed by atoms with Crippen LogP contribution in [0.3, 0.4) is 0 Å². The molecule has 1 aromatic carbocycles. The number of aliphatic hydroxyl groups is 1. The molecule has 0 atom stereocenters. The van der Waals surface area contributed by atoms with Crippen LogP contribution in [-0.2, 0) is 22.6 Å². The maximum absolute atomic E-state index is 12.5. The molecule has 0 spiro atoms. The molecule has 3 rings (SSSR count). The molecular weight excluding hydrogens is 370 g/mol. The van der Waals surface area contributed by atoms with Gasteiger partial charge in [0.25, 0.3) is 0 Å². The number of hydrogen-bond acceptors (Lipinski definition) is 5. The lowest BCUT2D eigenvalue weighted by Crippen LogP contribution is -2.33. The Balaban J connectivity index is 1.40. The number of carbonyl (C=O) groups is 2. The number of aromatic nitrogens is 1. The van der Waals surface area contributed by atoms with Crippen molar-refractivity contribution in [1.82, 2.24) is 9.88 Å². The van der Waals surface area contributed by atoms with Crippen LogP contribution in [0.15, 0.2) is 42.7 Å². The fourth-order valence-electron chi connectivity index (χ4n) is 3.30. The first-order valence-electron chi connectivity index (χ1n) is 9.99. The average molecular weight is 397 g/mol. The largest absolute Gasteiger partial charge is 0.494 e. The van der Waals surface area contributed by atoms with Crippen LogP contribution in [0, 0.1) is 0 Å². The lowest BCUT2D eigenvalue weighted by molar-refractivity contribution is -0.132. The van der Waals surface area contributed by atoms with Crippen LogP contribution in [0.2, 0.25) is 0 Å². The van der Waals surface area contributed by atoms with Crippen molar-refractivity contribution in [3.05, 3.63) is 53.9 Å². The summed E-state index contributed by atoms with van der Waals surface area (Å²) in [6.45, 7) is 1.24. The SMILES string of the molecule is O=C1CCc2cc(OCCCCC(=O)N(CCO)Cc3cccnc3)ccc2N1. The van der Waals surface area contributed by atoms with Crippen LogP contribution < -0.4 is 10.1 Å². The minimum absolute atomic E-state index is 0.0208. The van der Waals surface area contributed by atoms with Crippen LogP contribution in [0.5, 0.6) is 5.75 Å². The van der Waals surface area contributed by atoms with E-state index in [4.69, 9.17) is 4.74 Å². The number of anilines is 1. The Morgan fingerprint density at radius 2 is 2.14 bits per heavy atom. The summed E-state index contributed by atoms with van der Waals surface area (Å²) in [6, 6.07) is 9.45. The van der Waals surface area contributed by atoms with Crippen LogP contribution in [0.4, 0.5) is 5.69 Å². The number of amides is 2. The molecule has 2 heterocycles. The Bertz CT molecular complexity index is 826. The third-order valence-corrected chi connectivity index (χ3v) is 4.84. The average Bonchev–Trinajstić information content (AvgIpc) is 2.74. The summed E-state index contributed by atoms with van der Waals surface area (Å²) in [6.07, 6.45) is 6.55. The first-order valence-corrected chi connectivity index (χ1v) is 9.99. The van der Waals surface area contributed by atoms with Gasteiger partial charge < -0.3 is 20.1 Å². The highest BCUT2D eigenvalue weighted by Crippen LogP contribution is 2.26. The van der Waals surface area contributed by atoms with Gasteiger partial charge >= 0.3 is 0 Å². The number of fused-ring (bicyclic) bond motifs is 1. The molecule has 29 heavy (non-hydrogen) atoms. The quantitative estimate of drug-likeness (QED) is 0.601. The highest BCUT2D eigenvalue weighted by atomic mass is 16.5. The minimum Gasteiger partial charge on any atom is -0.494 e. The van der Waals surface area contributed by atoms with Crippen molar-refractivity contribution in [3.63, 3.8) is 0 Å².